The fraction of sp³-hybridized carbons (Fsp3) is 0.167. The van der Waals surface area contributed by atoms with Crippen molar-refractivity contribution in [3.8, 4) is 0 Å². The molecule has 0 amide bonds. The van der Waals surface area contributed by atoms with Gasteiger partial charge in [-0.05, 0) is 24.0 Å². The van der Waals surface area contributed by atoms with E-state index in [-0.39, 0.29) is 0 Å². The van der Waals surface area contributed by atoms with Crippen LogP contribution in [0.15, 0.2) is 41.7 Å². The van der Waals surface area contributed by atoms with E-state index in [0.717, 1.165) is 22.1 Å². The zero-order valence-electron chi connectivity index (χ0n) is 9.55. The Kier molecular flexibility index (Phi) is 3.82. The highest BCUT2D eigenvalue weighted by molar-refractivity contribution is 7.98. The lowest BCUT2D eigenvalue weighted by Crippen LogP contribution is -2.02. The standard InChI is InChI=1S/C12H14N4S/c1-17-12-6-11(15-8-16-12)14-7-9-3-2-4-10(13)5-9/h2-6,8H,7,13H2,1H3,(H,14,15,16). The summed E-state index contributed by atoms with van der Waals surface area (Å²) in [6, 6.07) is 9.72. The number of nitrogen functional groups attached to an aromatic ring is 1. The number of aromatic nitrogens is 2. The van der Waals surface area contributed by atoms with Crippen LogP contribution in [0.25, 0.3) is 0 Å². The Labute approximate surface area is 105 Å². The van der Waals surface area contributed by atoms with Gasteiger partial charge in [0.05, 0.1) is 0 Å². The van der Waals surface area contributed by atoms with Gasteiger partial charge in [-0.15, -0.1) is 11.8 Å². The fourth-order valence-electron chi connectivity index (χ4n) is 1.44. The van der Waals surface area contributed by atoms with Crippen LogP contribution >= 0.6 is 11.8 Å². The van der Waals surface area contributed by atoms with Gasteiger partial charge in [0.1, 0.15) is 17.2 Å². The van der Waals surface area contributed by atoms with Crippen molar-refractivity contribution in [3.05, 3.63) is 42.2 Å². The van der Waals surface area contributed by atoms with Gasteiger partial charge in [-0.1, -0.05) is 12.1 Å². The van der Waals surface area contributed by atoms with E-state index >= 15 is 0 Å². The number of anilines is 2. The molecule has 2 rings (SSSR count). The molecule has 1 aromatic carbocycles. The van der Waals surface area contributed by atoms with E-state index < -0.39 is 0 Å². The fourth-order valence-corrected chi connectivity index (χ4v) is 1.83. The number of nitrogens with zero attached hydrogens (tertiary/aromatic N) is 2. The van der Waals surface area contributed by atoms with E-state index in [0.29, 0.717) is 6.54 Å². The smallest absolute Gasteiger partial charge is 0.130 e. The quantitative estimate of drug-likeness (QED) is 0.492. The third-order valence-electron chi connectivity index (χ3n) is 2.28. The monoisotopic (exact) mass is 246 g/mol. The Hall–Kier alpha value is -1.75. The molecule has 17 heavy (non-hydrogen) atoms. The molecule has 5 heteroatoms. The summed E-state index contributed by atoms with van der Waals surface area (Å²) in [4.78, 5) is 8.28. The second kappa shape index (κ2) is 5.54. The van der Waals surface area contributed by atoms with Gasteiger partial charge in [0.15, 0.2) is 0 Å². The number of thioether (sulfide) groups is 1. The molecular weight excluding hydrogens is 232 g/mol. The van der Waals surface area contributed by atoms with Crippen molar-refractivity contribution in [2.75, 3.05) is 17.3 Å². The molecule has 0 saturated heterocycles. The predicted octanol–water partition coefficient (Wildman–Crippen LogP) is 2.39. The zero-order chi connectivity index (χ0) is 12.1. The minimum Gasteiger partial charge on any atom is -0.399 e. The Balaban J connectivity index is 2.02. The predicted molar refractivity (Wildman–Crippen MR) is 72.0 cm³/mol. The minimum atomic E-state index is 0.704. The van der Waals surface area contributed by atoms with E-state index in [1.807, 2.05) is 36.6 Å². The van der Waals surface area contributed by atoms with Crippen molar-refractivity contribution in [3.63, 3.8) is 0 Å². The van der Waals surface area contributed by atoms with Gasteiger partial charge < -0.3 is 11.1 Å². The van der Waals surface area contributed by atoms with Crippen LogP contribution in [0.2, 0.25) is 0 Å². The molecule has 0 aliphatic carbocycles. The van der Waals surface area contributed by atoms with Crippen molar-refractivity contribution in [1.82, 2.24) is 9.97 Å². The summed E-state index contributed by atoms with van der Waals surface area (Å²) in [5.74, 6) is 0.826. The van der Waals surface area contributed by atoms with E-state index in [1.54, 1.807) is 18.1 Å². The molecule has 2 aromatic rings. The number of hydrogen-bond acceptors (Lipinski definition) is 5. The number of hydrogen-bond donors (Lipinski definition) is 2. The first kappa shape index (κ1) is 11.7. The van der Waals surface area contributed by atoms with Crippen LogP contribution < -0.4 is 11.1 Å². The molecule has 3 N–H and O–H groups in total. The van der Waals surface area contributed by atoms with E-state index in [9.17, 15) is 0 Å². The van der Waals surface area contributed by atoms with Crippen LogP contribution in [0, 0.1) is 0 Å². The molecule has 0 unspecified atom stereocenters. The Morgan fingerprint density at radius 2 is 2.18 bits per heavy atom. The van der Waals surface area contributed by atoms with Gasteiger partial charge in [-0.3, -0.25) is 0 Å². The molecule has 1 heterocycles. The summed E-state index contributed by atoms with van der Waals surface area (Å²) in [7, 11) is 0. The van der Waals surface area contributed by atoms with Crippen LogP contribution in [-0.4, -0.2) is 16.2 Å². The van der Waals surface area contributed by atoms with Crippen molar-refractivity contribution >= 4 is 23.3 Å². The second-order valence-corrected chi connectivity index (χ2v) is 4.37. The molecule has 0 radical (unpaired) electrons. The largest absolute Gasteiger partial charge is 0.399 e. The van der Waals surface area contributed by atoms with E-state index in [2.05, 4.69) is 15.3 Å². The summed E-state index contributed by atoms with van der Waals surface area (Å²) >= 11 is 1.60. The number of nitrogens with one attached hydrogen (secondary N) is 1. The first-order chi connectivity index (χ1) is 8.28. The second-order valence-electron chi connectivity index (χ2n) is 3.54. The molecule has 0 aliphatic heterocycles. The SMILES string of the molecule is CSc1cc(NCc2cccc(N)c2)ncn1. The maximum Gasteiger partial charge on any atom is 0.130 e. The highest BCUT2D eigenvalue weighted by atomic mass is 32.2. The molecule has 0 aliphatic rings. The Bertz CT molecular complexity index is 501. The third kappa shape index (κ3) is 3.35. The summed E-state index contributed by atoms with van der Waals surface area (Å²) in [6.07, 6.45) is 3.55. The Morgan fingerprint density at radius 3 is 2.94 bits per heavy atom. The molecule has 1 aromatic heterocycles. The van der Waals surface area contributed by atoms with Gasteiger partial charge in [-0.2, -0.15) is 0 Å². The third-order valence-corrected chi connectivity index (χ3v) is 2.92. The summed E-state index contributed by atoms with van der Waals surface area (Å²) in [6.45, 7) is 0.704. The van der Waals surface area contributed by atoms with Crippen molar-refractivity contribution in [1.29, 1.82) is 0 Å². The van der Waals surface area contributed by atoms with Crippen LogP contribution in [0.5, 0.6) is 0 Å². The number of rotatable bonds is 4. The molecule has 88 valence electrons. The molecule has 4 nitrogen and oxygen atoms in total. The van der Waals surface area contributed by atoms with Crippen LogP contribution in [0.1, 0.15) is 5.56 Å². The minimum absolute atomic E-state index is 0.704. The maximum absolute atomic E-state index is 5.72. The van der Waals surface area contributed by atoms with Crippen molar-refractivity contribution in [2.24, 2.45) is 0 Å². The highest BCUT2D eigenvalue weighted by Crippen LogP contribution is 2.14. The molecule has 0 bridgehead atoms. The van der Waals surface area contributed by atoms with Crippen LogP contribution in [0.4, 0.5) is 11.5 Å². The zero-order valence-corrected chi connectivity index (χ0v) is 10.4. The van der Waals surface area contributed by atoms with Crippen molar-refractivity contribution < 1.29 is 0 Å². The summed E-state index contributed by atoms with van der Waals surface area (Å²) < 4.78 is 0. The molecule has 0 atom stereocenters. The maximum atomic E-state index is 5.72. The lowest BCUT2D eigenvalue weighted by molar-refractivity contribution is 1.02. The highest BCUT2D eigenvalue weighted by Gasteiger charge is 1.98. The first-order valence-electron chi connectivity index (χ1n) is 5.22. The normalized spacial score (nSPS) is 10.2. The van der Waals surface area contributed by atoms with Gasteiger partial charge in [0.2, 0.25) is 0 Å². The lowest BCUT2D eigenvalue weighted by Gasteiger charge is -2.06. The Morgan fingerprint density at radius 1 is 1.29 bits per heavy atom. The van der Waals surface area contributed by atoms with Gasteiger partial charge >= 0.3 is 0 Å². The summed E-state index contributed by atoms with van der Waals surface area (Å²) in [5.41, 5.74) is 7.62. The van der Waals surface area contributed by atoms with Gasteiger partial charge in [0, 0.05) is 18.3 Å². The average Bonchev–Trinajstić information content (AvgIpc) is 2.37. The molecule has 0 spiro atoms. The van der Waals surface area contributed by atoms with Crippen molar-refractivity contribution in [2.45, 2.75) is 11.6 Å². The van der Waals surface area contributed by atoms with E-state index in [4.69, 9.17) is 5.73 Å². The molecule has 0 fully saturated rings. The van der Waals surface area contributed by atoms with Gasteiger partial charge in [0.25, 0.3) is 0 Å². The average molecular weight is 246 g/mol. The first-order valence-corrected chi connectivity index (χ1v) is 6.45. The van der Waals surface area contributed by atoms with Crippen LogP contribution in [-0.2, 0) is 6.54 Å². The number of benzene rings is 1. The summed E-state index contributed by atoms with van der Waals surface area (Å²) in [5, 5.41) is 4.20. The molecular formula is C12H14N4S. The topological polar surface area (TPSA) is 63.8 Å². The number of nitrogens with two attached hydrogens (primary N) is 1. The lowest BCUT2D eigenvalue weighted by atomic mass is 10.2. The van der Waals surface area contributed by atoms with Gasteiger partial charge in [-0.25, -0.2) is 9.97 Å². The molecule has 0 saturated carbocycles. The van der Waals surface area contributed by atoms with Crippen LogP contribution in [0.3, 0.4) is 0 Å². The van der Waals surface area contributed by atoms with E-state index in [1.165, 1.54) is 0 Å².